The van der Waals surface area contributed by atoms with Crippen LogP contribution in [0.1, 0.15) is 6.92 Å². The van der Waals surface area contributed by atoms with Gasteiger partial charge in [-0.05, 0) is 43.4 Å². The summed E-state index contributed by atoms with van der Waals surface area (Å²) in [4.78, 5) is 11.7. The number of methoxy groups -OCH3 is 1. The normalized spacial score (nSPS) is 11.1. The number of rotatable bonds is 4. The number of nitrogens with one attached hydrogen (secondary N) is 3. The van der Waals surface area contributed by atoms with E-state index in [9.17, 15) is 4.79 Å². The highest BCUT2D eigenvalue weighted by molar-refractivity contribution is 7.80. The van der Waals surface area contributed by atoms with E-state index >= 15 is 0 Å². The highest BCUT2D eigenvalue weighted by Gasteiger charge is 2.14. The molecular formula is C12H17N3O3S. The molecule has 1 rings (SSSR count). The van der Waals surface area contributed by atoms with Gasteiger partial charge in [0.05, 0.1) is 7.11 Å². The Morgan fingerprint density at radius 3 is 2.32 bits per heavy atom. The Labute approximate surface area is 117 Å². The van der Waals surface area contributed by atoms with Crippen molar-refractivity contribution in [3.63, 3.8) is 0 Å². The van der Waals surface area contributed by atoms with E-state index in [1.807, 2.05) is 0 Å². The van der Waals surface area contributed by atoms with E-state index in [0.29, 0.717) is 10.9 Å². The molecule has 6 nitrogen and oxygen atoms in total. The van der Waals surface area contributed by atoms with Crippen molar-refractivity contribution in [2.24, 2.45) is 0 Å². The van der Waals surface area contributed by atoms with Gasteiger partial charge in [-0.15, -0.1) is 0 Å². The zero-order chi connectivity index (χ0) is 14.3. The summed E-state index contributed by atoms with van der Waals surface area (Å²) in [5, 5.41) is 3.00. The Morgan fingerprint density at radius 2 is 1.79 bits per heavy atom. The van der Waals surface area contributed by atoms with Gasteiger partial charge in [0.1, 0.15) is 11.5 Å². The fourth-order valence-electron chi connectivity index (χ4n) is 1.19. The second kappa shape index (κ2) is 7.42. The lowest BCUT2D eigenvalue weighted by atomic mass is 10.3. The molecule has 3 N–H and O–H groups in total. The molecule has 0 heterocycles. The maximum absolute atomic E-state index is 11.7. The van der Waals surface area contributed by atoms with Gasteiger partial charge < -0.3 is 14.8 Å². The molecule has 1 unspecified atom stereocenters. The van der Waals surface area contributed by atoms with Gasteiger partial charge in [0.25, 0.3) is 5.91 Å². The molecule has 0 saturated carbocycles. The van der Waals surface area contributed by atoms with Crippen molar-refractivity contribution in [1.29, 1.82) is 0 Å². The van der Waals surface area contributed by atoms with E-state index in [-0.39, 0.29) is 5.91 Å². The average Bonchev–Trinajstić information content (AvgIpc) is 2.44. The first-order chi connectivity index (χ1) is 9.06. The van der Waals surface area contributed by atoms with E-state index < -0.39 is 6.10 Å². The molecule has 19 heavy (non-hydrogen) atoms. The molecule has 0 aromatic heterocycles. The number of hydrogen-bond acceptors (Lipinski definition) is 4. The smallest absolute Gasteiger partial charge is 0.279 e. The van der Waals surface area contributed by atoms with Crippen LogP contribution in [0, 0.1) is 0 Å². The molecule has 0 aliphatic rings. The van der Waals surface area contributed by atoms with Crippen LogP contribution in [0.5, 0.6) is 11.5 Å². The number of carbonyl (C=O) groups excluding carboxylic acids is 1. The standard InChI is InChI=1S/C12H17N3O3S/c1-8(11(16)14-15-12(19)13-2)18-10-6-4-9(17-3)5-7-10/h4-8H,1-3H3,(H,14,16)(H2,13,15,19). The van der Waals surface area contributed by atoms with E-state index in [2.05, 4.69) is 16.2 Å². The summed E-state index contributed by atoms with van der Waals surface area (Å²) in [6, 6.07) is 6.98. The van der Waals surface area contributed by atoms with Crippen molar-refractivity contribution < 1.29 is 14.3 Å². The average molecular weight is 283 g/mol. The highest BCUT2D eigenvalue weighted by atomic mass is 32.1. The first kappa shape index (κ1) is 15.0. The van der Waals surface area contributed by atoms with Gasteiger partial charge in [-0.2, -0.15) is 0 Å². The number of carbonyl (C=O) groups is 1. The molecule has 7 heteroatoms. The van der Waals surface area contributed by atoms with E-state index in [4.69, 9.17) is 21.7 Å². The van der Waals surface area contributed by atoms with Gasteiger partial charge in [0, 0.05) is 7.05 Å². The third kappa shape index (κ3) is 5.01. The summed E-state index contributed by atoms with van der Waals surface area (Å²) in [5.41, 5.74) is 4.97. The predicted octanol–water partition coefficient (Wildman–Crippen LogP) is 0.588. The Morgan fingerprint density at radius 1 is 1.21 bits per heavy atom. The van der Waals surface area contributed by atoms with Crippen LogP contribution in [0.2, 0.25) is 0 Å². The largest absolute Gasteiger partial charge is 0.497 e. The zero-order valence-corrected chi connectivity index (χ0v) is 11.8. The van der Waals surface area contributed by atoms with Crippen LogP contribution in [0.4, 0.5) is 0 Å². The van der Waals surface area contributed by atoms with Gasteiger partial charge >= 0.3 is 0 Å². The number of hydrogen-bond donors (Lipinski definition) is 3. The van der Waals surface area contributed by atoms with E-state index in [0.717, 1.165) is 5.75 Å². The molecule has 0 fully saturated rings. The van der Waals surface area contributed by atoms with Crippen molar-refractivity contribution in [2.75, 3.05) is 14.2 Å². The van der Waals surface area contributed by atoms with Crippen LogP contribution in [-0.2, 0) is 4.79 Å². The summed E-state index contributed by atoms with van der Waals surface area (Å²) in [6.07, 6.45) is -0.652. The highest BCUT2D eigenvalue weighted by Crippen LogP contribution is 2.18. The molecule has 0 spiro atoms. The molecular weight excluding hydrogens is 266 g/mol. The first-order valence-electron chi connectivity index (χ1n) is 5.65. The summed E-state index contributed by atoms with van der Waals surface area (Å²) < 4.78 is 10.5. The molecule has 1 amide bonds. The third-order valence-electron chi connectivity index (χ3n) is 2.27. The van der Waals surface area contributed by atoms with Crippen molar-refractivity contribution >= 4 is 23.2 Å². The topological polar surface area (TPSA) is 71.6 Å². The van der Waals surface area contributed by atoms with Gasteiger partial charge in [0.15, 0.2) is 11.2 Å². The number of thiocarbonyl (C=S) groups is 1. The van der Waals surface area contributed by atoms with Crippen LogP contribution in [0.3, 0.4) is 0 Å². The fourth-order valence-corrected chi connectivity index (χ4v) is 1.25. The molecule has 0 aliphatic heterocycles. The van der Waals surface area contributed by atoms with Crippen molar-refractivity contribution in [1.82, 2.24) is 16.2 Å². The lowest BCUT2D eigenvalue weighted by molar-refractivity contribution is -0.127. The lowest BCUT2D eigenvalue weighted by Gasteiger charge is -2.15. The Kier molecular flexibility index (Phi) is 5.87. The molecule has 1 aromatic carbocycles. The fraction of sp³-hybridized carbons (Fsp3) is 0.333. The van der Waals surface area contributed by atoms with Crippen LogP contribution in [-0.4, -0.2) is 31.3 Å². The maximum atomic E-state index is 11.7. The Balaban J connectivity index is 2.46. The third-order valence-corrected chi connectivity index (χ3v) is 2.57. The second-order valence-electron chi connectivity index (χ2n) is 3.63. The van der Waals surface area contributed by atoms with E-state index in [1.54, 1.807) is 45.3 Å². The number of hydrazine groups is 1. The van der Waals surface area contributed by atoms with Crippen molar-refractivity contribution in [3.05, 3.63) is 24.3 Å². The number of ether oxygens (including phenoxy) is 2. The van der Waals surface area contributed by atoms with Crippen LogP contribution >= 0.6 is 12.2 Å². The maximum Gasteiger partial charge on any atom is 0.279 e. The Hall–Kier alpha value is -2.02. The molecule has 0 aliphatic carbocycles. The monoisotopic (exact) mass is 283 g/mol. The molecule has 1 atom stereocenters. The summed E-state index contributed by atoms with van der Waals surface area (Å²) in [5.74, 6) is 0.985. The predicted molar refractivity (Wildman–Crippen MR) is 76.0 cm³/mol. The minimum atomic E-state index is -0.652. The van der Waals surface area contributed by atoms with Crippen LogP contribution in [0.15, 0.2) is 24.3 Å². The Bertz CT molecular complexity index is 436. The second-order valence-corrected chi connectivity index (χ2v) is 4.04. The summed E-state index contributed by atoms with van der Waals surface area (Å²) >= 11 is 4.83. The molecule has 0 saturated heterocycles. The lowest BCUT2D eigenvalue weighted by Crippen LogP contribution is -2.49. The van der Waals surface area contributed by atoms with Crippen molar-refractivity contribution in [3.8, 4) is 11.5 Å². The van der Waals surface area contributed by atoms with Crippen LogP contribution in [0.25, 0.3) is 0 Å². The first-order valence-corrected chi connectivity index (χ1v) is 6.06. The molecule has 1 aromatic rings. The van der Waals surface area contributed by atoms with Gasteiger partial charge in [-0.3, -0.25) is 15.6 Å². The summed E-state index contributed by atoms with van der Waals surface area (Å²) in [6.45, 7) is 1.64. The van der Waals surface area contributed by atoms with Gasteiger partial charge in [-0.1, -0.05) is 0 Å². The number of amides is 1. The SMILES string of the molecule is CNC(=S)NNC(=O)C(C)Oc1ccc(OC)cc1. The minimum absolute atomic E-state index is 0.324. The zero-order valence-electron chi connectivity index (χ0n) is 11.0. The van der Waals surface area contributed by atoms with Gasteiger partial charge in [-0.25, -0.2) is 0 Å². The molecule has 0 radical (unpaired) electrons. The molecule has 0 bridgehead atoms. The minimum Gasteiger partial charge on any atom is -0.497 e. The van der Waals surface area contributed by atoms with Crippen LogP contribution < -0.4 is 25.6 Å². The quantitative estimate of drug-likeness (QED) is 0.555. The van der Waals surface area contributed by atoms with Crippen molar-refractivity contribution in [2.45, 2.75) is 13.0 Å². The van der Waals surface area contributed by atoms with E-state index in [1.165, 1.54) is 0 Å². The number of benzene rings is 1. The van der Waals surface area contributed by atoms with Gasteiger partial charge in [0.2, 0.25) is 0 Å². The summed E-state index contributed by atoms with van der Waals surface area (Å²) in [7, 11) is 3.24. The molecule has 104 valence electrons.